The van der Waals surface area contributed by atoms with E-state index in [1.165, 1.54) is 13.1 Å². The van der Waals surface area contributed by atoms with Gasteiger partial charge in [-0.2, -0.15) is 0 Å². The number of nitrogens with two attached hydrogens (primary N) is 1. The van der Waals surface area contributed by atoms with Gasteiger partial charge in [0.05, 0.1) is 4.92 Å². The molecule has 0 amide bonds. The average molecular weight is 180 g/mol. The third kappa shape index (κ3) is 3.00. The van der Waals surface area contributed by atoms with Gasteiger partial charge in [-0.1, -0.05) is 6.07 Å². The van der Waals surface area contributed by atoms with E-state index in [-0.39, 0.29) is 5.70 Å². The lowest BCUT2D eigenvalue weighted by Crippen LogP contribution is -2.72. The molecule has 5 nitrogen and oxygen atoms in total. The van der Waals surface area contributed by atoms with E-state index >= 15 is 0 Å². The molecule has 0 bridgehead atoms. The predicted molar refractivity (Wildman–Crippen MR) is 46.6 cm³/mol. The minimum Gasteiger partial charge on any atom is -0.266 e. The van der Waals surface area contributed by atoms with Gasteiger partial charge >= 0.3 is 0 Å². The standard InChI is InChI=1S/C8H9N3O2/c1-7(11(12)13)6-10-8-4-2-3-5-9-8/h2-6H,1H3,(H,9,10)/p+1/b7-6+. The van der Waals surface area contributed by atoms with E-state index in [1.54, 1.807) is 23.6 Å². The molecular weight excluding hydrogens is 170 g/mol. The van der Waals surface area contributed by atoms with Crippen molar-refractivity contribution < 1.29 is 10.2 Å². The van der Waals surface area contributed by atoms with Gasteiger partial charge in [0.2, 0.25) is 5.82 Å². The fraction of sp³-hybridized carbons (Fsp3) is 0.125. The smallest absolute Gasteiger partial charge is 0.266 e. The van der Waals surface area contributed by atoms with Crippen LogP contribution in [0.25, 0.3) is 0 Å². The number of quaternary nitrogens is 1. The van der Waals surface area contributed by atoms with Gasteiger partial charge in [-0.05, 0) is 6.07 Å². The van der Waals surface area contributed by atoms with Crippen molar-refractivity contribution in [1.29, 1.82) is 0 Å². The SMILES string of the molecule is C/C(=C\[NH2+]c1ccccn1)[N+](=O)[O-]. The first kappa shape index (κ1) is 9.34. The van der Waals surface area contributed by atoms with Crippen LogP contribution in [0.5, 0.6) is 0 Å². The molecule has 0 aromatic carbocycles. The molecule has 1 heterocycles. The number of allylic oxidation sites excluding steroid dienone is 1. The molecule has 0 aliphatic rings. The van der Waals surface area contributed by atoms with Gasteiger partial charge in [0, 0.05) is 19.2 Å². The van der Waals surface area contributed by atoms with Gasteiger partial charge in [-0.15, -0.1) is 0 Å². The van der Waals surface area contributed by atoms with Crippen LogP contribution in [0.4, 0.5) is 5.82 Å². The molecule has 0 radical (unpaired) electrons. The molecule has 0 unspecified atom stereocenters. The second-order valence-corrected chi connectivity index (χ2v) is 2.49. The molecule has 0 aliphatic heterocycles. The highest BCUT2D eigenvalue weighted by atomic mass is 16.6. The number of nitrogens with zero attached hydrogens (tertiary/aromatic N) is 2. The summed E-state index contributed by atoms with van der Waals surface area (Å²) in [7, 11) is 0. The molecule has 13 heavy (non-hydrogen) atoms. The van der Waals surface area contributed by atoms with Crippen LogP contribution in [0.2, 0.25) is 0 Å². The molecule has 0 aliphatic carbocycles. The Labute approximate surface area is 75.3 Å². The van der Waals surface area contributed by atoms with E-state index in [0.29, 0.717) is 5.82 Å². The molecule has 0 atom stereocenters. The van der Waals surface area contributed by atoms with Crippen molar-refractivity contribution in [2.45, 2.75) is 6.92 Å². The third-order valence-electron chi connectivity index (χ3n) is 1.47. The maximum absolute atomic E-state index is 10.2. The number of rotatable bonds is 3. The van der Waals surface area contributed by atoms with Gasteiger partial charge in [0.15, 0.2) is 6.20 Å². The molecule has 1 rings (SSSR count). The predicted octanol–water partition coefficient (Wildman–Crippen LogP) is 0.415. The molecule has 68 valence electrons. The highest BCUT2D eigenvalue weighted by Gasteiger charge is 2.03. The zero-order valence-corrected chi connectivity index (χ0v) is 7.18. The summed E-state index contributed by atoms with van der Waals surface area (Å²) in [5, 5.41) is 11.8. The lowest BCUT2D eigenvalue weighted by Gasteiger charge is -1.91. The summed E-state index contributed by atoms with van der Waals surface area (Å²) in [6, 6.07) is 5.40. The number of hydrogen-bond acceptors (Lipinski definition) is 3. The summed E-state index contributed by atoms with van der Waals surface area (Å²) in [6.45, 7) is 1.44. The number of nitro groups is 1. The first-order chi connectivity index (χ1) is 6.20. The van der Waals surface area contributed by atoms with Crippen LogP contribution in [0.15, 0.2) is 36.3 Å². The van der Waals surface area contributed by atoms with E-state index in [4.69, 9.17) is 0 Å². The maximum Gasteiger partial charge on any atom is 0.295 e. The first-order valence-corrected chi connectivity index (χ1v) is 3.77. The third-order valence-corrected chi connectivity index (χ3v) is 1.47. The summed E-state index contributed by atoms with van der Waals surface area (Å²) < 4.78 is 0. The van der Waals surface area contributed by atoms with Crippen LogP contribution in [-0.2, 0) is 0 Å². The first-order valence-electron chi connectivity index (χ1n) is 3.77. The van der Waals surface area contributed by atoms with Crippen molar-refractivity contribution >= 4 is 5.82 Å². The number of hydrogen-bond donors (Lipinski definition) is 1. The van der Waals surface area contributed by atoms with E-state index in [0.717, 1.165) is 0 Å². The minimum atomic E-state index is -0.431. The van der Waals surface area contributed by atoms with Gasteiger partial charge in [-0.3, -0.25) is 15.4 Å². The topological polar surface area (TPSA) is 72.6 Å². The molecule has 0 saturated heterocycles. The Morgan fingerprint density at radius 3 is 3.00 bits per heavy atom. The van der Waals surface area contributed by atoms with Crippen LogP contribution in [0.3, 0.4) is 0 Å². The van der Waals surface area contributed by atoms with Crippen LogP contribution in [-0.4, -0.2) is 9.91 Å². The Hall–Kier alpha value is -1.75. The van der Waals surface area contributed by atoms with Crippen LogP contribution in [0, 0.1) is 10.1 Å². The zero-order chi connectivity index (χ0) is 9.68. The molecule has 2 N–H and O–H groups in total. The molecule has 5 heteroatoms. The highest BCUT2D eigenvalue weighted by Crippen LogP contribution is 1.91. The van der Waals surface area contributed by atoms with Gasteiger partial charge < -0.3 is 0 Å². The van der Waals surface area contributed by atoms with E-state index in [1.807, 2.05) is 6.07 Å². The molecule has 0 saturated carbocycles. The lowest BCUT2D eigenvalue weighted by atomic mass is 10.4. The highest BCUT2D eigenvalue weighted by molar-refractivity contribution is 5.15. The molecular formula is C8H10N3O2+. The van der Waals surface area contributed by atoms with Crippen LogP contribution >= 0.6 is 0 Å². The minimum absolute atomic E-state index is 0.102. The monoisotopic (exact) mass is 180 g/mol. The summed E-state index contributed by atoms with van der Waals surface area (Å²) in [4.78, 5) is 13.8. The van der Waals surface area contributed by atoms with Crippen LogP contribution < -0.4 is 5.32 Å². The van der Waals surface area contributed by atoms with Crippen LogP contribution in [0.1, 0.15) is 6.92 Å². The molecule has 1 aromatic rings. The number of aromatic nitrogens is 1. The van der Waals surface area contributed by atoms with Crippen molar-refractivity contribution in [3.63, 3.8) is 0 Å². The summed E-state index contributed by atoms with van der Waals surface area (Å²) >= 11 is 0. The molecule has 0 fully saturated rings. The van der Waals surface area contributed by atoms with Crippen molar-refractivity contribution in [1.82, 2.24) is 4.98 Å². The van der Waals surface area contributed by atoms with Crippen molar-refractivity contribution in [3.05, 3.63) is 46.4 Å². The zero-order valence-electron chi connectivity index (χ0n) is 7.18. The Balaban J connectivity index is 2.62. The summed E-state index contributed by atoms with van der Waals surface area (Å²) in [5.74, 6) is 0.712. The van der Waals surface area contributed by atoms with E-state index in [2.05, 4.69) is 4.98 Å². The molecule has 1 aromatic heterocycles. The Morgan fingerprint density at radius 2 is 2.46 bits per heavy atom. The van der Waals surface area contributed by atoms with Crippen molar-refractivity contribution in [3.8, 4) is 0 Å². The van der Waals surface area contributed by atoms with Gasteiger partial charge in [0.1, 0.15) is 0 Å². The van der Waals surface area contributed by atoms with E-state index < -0.39 is 4.92 Å². The molecule has 0 spiro atoms. The van der Waals surface area contributed by atoms with E-state index in [9.17, 15) is 10.1 Å². The Bertz CT molecular complexity index is 321. The summed E-state index contributed by atoms with van der Waals surface area (Å²) in [6.07, 6.45) is 3.07. The van der Waals surface area contributed by atoms with Crippen molar-refractivity contribution in [2.75, 3.05) is 0 Å². The maximum atomic E-state index is 10.2. The second kappa shape index (κ2) is 4.32. The normalized spacial score (nSPS) is 11.3. The largest absolute Gasteiger partial charge is 0.295 e. The van der Waals surface area contributed by atoms with Gasteiger partial charge in [0.25, 0.3) is 5.70 Å². The van der Waals surface area contributed by atoms with Crippen molar-refractivity contribution in [2.24, 2.45) is 0 Å². The Morgan fingerprint density at radius 1 is 1.69 bits per heavy atom. The fourth-order valence-electron chi connectivity index (χ4n) is 0.741. The fourth-order valence-corrected chi connectivity index (χ4v) is 0.741. The second-order valence-electron chi connectivity index (χ2n) is 2.49. The lowest BCUT2D eigenvalue weighted by molar-refractivity contribution is -0.519. The quantitative estimate of drug-likeness (QED) is 0.541. The van der Waals surface area contributed by atoms with Gasteiger partial charge in [-0.25, -0.2) is 4.98 Å². The summed E-state index contributed by atoms with van der Waals surface area (Å²) in [5.41, 5.74) is 0.102. The average Bonchev–Trinajstić information content (AvgIpc) is 2.15. The Kier molecular flexibility index (Phi) is 3.10. The number of pyridine rings is 1.